The number of ether oxygens (including phenoxy) is 1. The molecule has 0 bridgehead atoms. The zero-order valence-electron chi connectivity index (χ0n) is 11.0. The molecule has 3 nitrogen and oxygen atoms in total. The fourth-order valence-corrected chi connectivity index (χ4v) is 2.62. The minimum absolute atomic E-state index is 0.220. The molecular formula is C15H18O3. The van der Waals surface area contributed by atoms with E-state index < -0.39 is 0 Å². The van der Waals surface area contributed by atoms with Gasteiger partial charge in [-0.25, -0.2) is 0 Å². The third-order valence-electron chi connectivity index (χ3n) is 3.39. The molecule has 1 aromatic rings. The fourth-order valence-electron chi connectivity index (χ4n) is 2.62. The second-order valence-corrected chi connectivity index (χ2v) is 5.42. The maximum Gasteiger partial charge on any atom is 0.312 e. The Hall–Kier alpha value is -1.77. The van der Waals surface area contributed by atoms with E-state index in [1.54, 1.807) is 19.1 Å². The molecule has 2 rings (SSSR count). The lowest BCUT2D eigenvalue weighted by atomic mass is 9.75. The monoisotopic (exact) mass is 246 g/mol. The van der Waals surface area contributed by atoms with Crippen LogP contribution in [0.3, 0.4) is 0 Å². The SMILES string of the molecule is C=CCc1c(O)c(C)cc2c1C(C)(C)CC(=O)O2. The molecule has 1 N–H and O–H groups in total. The Labute approximate surface area is 107 Å². The van der Waals surface area contributed by atoms with Crippen molar-refractivity contribution in [3.8, 4) is 11.5 Å². The largest absolute Gasteiger partial charge is 0.507 e. The van der Waals surface area contributed by atoms with Gasteiger partial charge >= 0.3 is 5.97 Å². The van der Waals surface area contributed by atoms with Crippen LogP contribution in [0.15, 0.2) is 18.7 Å². The molecule has 0 unspecified atom stereocenters. The summed E-state index contributed by atoms with van der Waals surface area (Å²) in [7, 11) is 0. The van der Waals surface area contributed by atoms with Crippen molar-refractivity contribution in [3.05, 3.63) is 35.4 Å². The minimum atomic E-state index is -0.325. The van der Waals surface area contributed by atoms with Crippen LogP contribution < -0.4 is 4.74 Å². The number of aromatic hydroxyl groups is 1. The number of fused-ring (bicyclic) bond motifs is 1. The highest BCUT2D eigenvalue weighted by Crippen LogP contribution is 2.45. The Bertz CT molecular complexity index is 527. The van der Waals surface area contributed by atoms with Crippen LogP contribution in [0, 0.1) is 6.92 Å². The van der Waals surface area contributed by atoms with Crippen LogP contribution in [0.1, 0.15) is 37.0 Å². The van der Waals surface area contributed by atoms with Crippen LogP contribution in [0.4, 0.5) is 0 Å². The standard InChI is InChI=1S/C15H18O3/c1-5-6-10-13-11(7-9(2)14(10)17)18-12(16)8-15(13,3)4/h5,7,17H,1,6,8H2,2-4H3. The molecule has 0 aromatic heterocycles. The van der Waals surface area contributed by atoms with Gasteiger partial charge in [0.15, 0.2) is 0 Å². The summed E-state index contributed by atoms with van der Waals surface area (Å²) in [5.41, 5.74) is 2.13. The predicted octanol–water partition coefficient (Wildman–Crippen LogP) is 3.02. The normalized spacial score (nSPS) is 16.9. The molecule has 0 saturated carbocycles. The number of carbonyl (C=O) groups is 1. The first-order valence-corrected chi connectivity index (χ1v) is 6.04. The minimum Gasteiger partial charge on any atom is -0.507 e. The topological polar surface area (TPSA) is 46.5 Å². The molecule has 0 spiro atoms. The van der Waals surface area contributed by atoms with E-state index in [0.717, 1.165) is 16.7 Å². The van der Waals surface area contributed by atoms with Gasteiger partial charge in [-0.05, 0) is 25.0 Å². The average molecular weight is 246 g/mol. The lowest BCUT2D eigenvalue weighted by molar-refractivity contribution is -0.137. The predicted molar refractivity (Wildman–Crippen MR) is 70.0 cm³/mol. The smallest absolute Gasteiger partial charge is 0.312 e. The quantitative estimate of drug-likeness (QED) is 0.495. The maximum absolute atomic E-state index is 11.6. The van der Waals surface area contributed by atoms with E-state index >= 15 is 0 Å². The zero-order valence-corrected chi connectivity index (χ0v) is 11.0. The number of carbonyl (C=O) groups excluding carboxylic acids is 1. The number of hydrogen-bond acceptors (Lipinski definition) is 3. The van der Waals surface area contributed by atoms with E-state index in [-0.39, 0.29) is 17.1 Å². The van der Waals surface area contributed by atoms with Crippen LogP contribution >= 0.6 is 0 Å². The number of hydrogen-bond donors (Lipinski definition) is 1. The lowest BCUT2D eigenvalue weighted by Crippen LogP contribution is -2.32. The van der Waals surface area contributed by atoms with Crippen molar-refractivity contribution >= 4 is 5.97 Å². The van der Waals surface area contributed by atoms with E-state index in [0.29, 0.717) is 18.6 Å². The summed E-state index contributed by atoms with van der Waals surface area (Å²) in [4.78, 5) is 11.6. The van der Waals surface area contributed by atoms with Crippen molar-refractivity contribution in [2.24, 2.45) is 0 Å². The first-order chi connectivity index (χ1) is 8.36. The Morgan fingerprint density at radius 1 is 1.56 bits per heavy atom. The number of allylic oxidation sites excluding steroid dienone is 1. The first kappa shape index (κ1) is 12.7. The summed E-state index contributed by atoms with van der Waals surface area (Å²) < 4.78 is 5.31. The van der Waals surface area contributed by atoms with Crippen molar-refractivity contribution in [1.29, 1.82) is 0 Å². The van der Waals surface area contributed by atoms with Crippen molar-refractivity contribution in [2.45, 2.75) is 39.0 Å². The Morgan fingerprint density at radius 2 is 2.22 bits per heavy atom. The van der Waals surface area contributed by atoms with E-state index in [1.807, 2.05) is 13.8 Å². The second-order valence-electron chi connectivity index (χ2n) is 5.42. The lowest BCUT2D eigenvalue weighted by Gasteiger charge is -2.33. The highest BCUT2D eigenvalue weighted by molar-refractivity contribution is 5.79. The third-order valence-corrected chi connectivity index (χ3v) is 3.39. The Kier molecular flexibility index (Phi) is 2.93. The summed E-state index contributed by atoms with van der Waals surface area (Å²) in [6.07, 6.45) is 2.64. The average Bonchev–Trinajstić information content (AvgIpc) is 2.22. The first-order valence-electron chi connectivity index (χ1n) is 6.04. The molecule has 1 heterocycles. The van der Waals surface area contributed by atoms with Crippen LogP contribution in [-0.2, 0) is 16.6 Å². The van der Waals surface area contributed by atoms with E-state index in [2.05, 4.69) is 6.58 Å². The van der Waals surface area contributed by atoms with Gasteiger partial charge < -0.3 is 9.84 Å². The van der Waals surface area contributed by atoms with Crippen molar-refractivity contribution in [3.63, 3.8) is 0 Å². The van der Waals surface area contributed by atoms with Crippen LogP contribution in [0.25, 0.3) is 0 Å². The molecule has 0 saturated heterocycles. The van der Waals surface area contributed by atoms with Gasteiger partial charge in [0.1, 0.15) is 11.5 Å². The zero-order chi connectivity index (χ0) is 13.5. The Morgan fingerprint density at radius 3 is 2.83 bits per heavy atom. The Balaban J connectivity index is 2.74. The second kappa shape index (κ2) is 4.16. The van der Waals surface area contributed by atoms with Crippen molar-refractivity contribution in [1.82, 2.24) is 0 Å². The number of phenolic OH excluding ortho intramolecular Hbond substituents is 1. The molecule has 0 atom stereocenters. The highest BCUT2D eigenvalue weighted by atomic mass is 16.5. The van der Waals surface area contributed by atoms with Gasteiger partial charge in [-0.15, -0.1) is 6.58 Å². The molecule has 1 aliphatic rings. The molecular weight excluding hydrogens is 228 g/mol. The molecule has 96 valence electrons. The molecule has 0 fully saturated rings. The summed E-state index contributed by atoms with van der Waals surface area (Å²) in [6, 6.07) is 1.73. The molecule has 0 radical (unpaired) electrons. The summed E-state index contributed by atoms with van der Waals surface area (Å²) in [6.45, 7) is 9.51. The van der Waals surface area contributed by atoms with Crippen molar-refractivity contribution < 1.29 is 14.6 Å². The van der Waals surface area contributed by atoms with Crippen LogP contribution in [-0.4, -0.2) is 11.1 Å². The van der Waals surface area contributed by atoms with E-state index in [1.165, 1.54) is 0 Å². The molecule has 3 heteroatoms. The van der Waals surface area contributed by atoms with Gasteiger partial charge in [0.25, 0.3) is 0 Å². The van der Waals surface area contributed by atoms with Gasteiger partial charge in [0.2, 0.25) is 0 Å². The molecule has 0 aliphatic carbocycles. The van der Waals surface area contributed by atoms with Crippen molar-refractivity contribution in [2.75, 3.05) is 0 Å². The maximum atomic E-state index is 11.6. The third kappa shape index (κ3) is 1.90. The molecule has 18 heavy (non-hydrogen) atoms. The summed E-state index contributed by atoms with van der Waals surface area (Å²) in [5, 5.41) is 10.2. The summed E-state index contributed by atoms with van der Waals surface area (Å²) in [5.74, 6) is 0.630. The molecule has 0 amide bonds. The number of phenols is 1. The number of aryl methyl sites for hydroxylation is 1. The highest BCUT2D eigenvalue weighted by Gasteiger charge is 2.37. The molecule has 1 aliphatic heterocycles. The van der Waals surface area contributed by atoms with E-state index in [9.17, 15) is 9.90 Å². The summed E-state index contributed by atoms with van der Waals surface area (Å²) >= 11 is 0. The number of benzene rings is 1. The van der Waals surface area contributed by atoms with Gasteiger partial charge in [0, 0.05) is 16.5 Å². The number of esters is 1. The van der Waals surface area contributed by atoms with Crippen LogP contribution in [0.5, 0.6) is 11.5 Å². The van der Waals surface area contributed by atoms with E-state index in [4.69, 9.17) is 4.74 Å². The van der Waals surface area contributed by atoms with Gasteiger partial charge in [0.05, 0.1) is 6.42 Å². The molecule has 1 aromatic carbocycles. The van der Waals surface area contributed by atoms with Gasteiger partial charge in [-0.3, -0.25) is 4.79 Å². The van der Waals surface area contributed by atoms with Gasteiger partial charge in [-0.2, -0.15) is 0 Å². The number of rotatable bonds is 2. The fraction of sp³-hybridized carbons (Fsp3) is 0.400. The van der Waals surface area contributed by atoms with Gasteiger partial charge in [-0.1, -0.05) is 19.9 Å². The van der Waals surface area contributed by atoms with Crippen LogP contribution in [0.2, 0.25) is 0 Å².